The van der Waals surface area contributed by atoms with Gasteiger partial charge in [-0.05, 0) is 31.2 Å². The van der Waals surface area contributed by atoms with Gasteiger partial charge in [-0.3, -0.25) is 0 Å². The zero-order chi connectivity index (χ0) is 14.8. The first-order valence-corrected chi connectivity index (χ1v) is 6.34. The lowest BCUT2D eigenvalue weighted by Crippen LogP contribution is -2.06. The number of anilines is 1. The fraction of sp³-hybridized carbons (Fsp3) is 0.0667. The first-order valence-electron chi connectivity index (χ1n) is 6.34. The quantitative estimate of drug-likeness (QED) is 0.570. The van der Waals surface area contributed by atoms with Crippen molar-refractivity contribution >= 4 is 22.7 Å². The van der Waals surface area contributed by atoms with E-state index >= 15 is 0 Å². The van der Waals surface area contributed by atoms with Crippen LogP contribution in [-0.4, -0.2) is 15.7 Å². The van der Waals surface area contributed by atoms with Crippen LogP contribution in [0.2, 0.25) is 0 Å². The molecule has 3 aromatic rings. The standard InChI is InChI=1S/C15H12F2N4/c1-9(14-10(16)5-4-6-11(14)17)20-21-15-18-12-7-2-3-8-13(12)19-15/h2-8H,1H3,(H2,18,19,21). The van der Waals surface area contributed by atoms with Crippen LogP contribution in [0.25, 0.3) is 11.0 Å². The first-order chi connectivity index (χ1) is 10.1. The van der Waals surface area contributed by atoms with Crippen molar-refractivity contribution in [1.29, 1.82) is 0 Å². The molecule has 0 unspecified atom stereocenters. The first kappa shape index (κ1) is 13.2. The Labute approximate surface area is 119 Å². The Bertz CT molecular complexity index is 770. The van der Waals surface area contributed by atoms with Gasteiger partial charge < -0.3 is 4.98 Å². The van der Waals surface area contributed by atoms with Crippen LogP contribution in [0.4, 0.5) is 14.7 Å². The average molecular weight is 286 g/mol. The van der Waals surface area contributed by atoms with Crippen molar-refractivity contribution in [3.8, 4) is 0 Å². The lowest BCUT2D eigenvalue weighted by atomic mass is 10.1. The van der Waals surface area contributed by atoms with Crippen LogP contribution in [0.3, 0.4) is 0 Å². The maximum atomic E-state index is 13.6. The molecule has 1 heterocycles. The molecule has 21 heavy (non-hydrogen) atoms. The fourth-order valence-electron chi connectivity index (χ4n) is 2.04. The molecule has 0 aliphatic heterocycles. The third kappa shape index (κ3) is 2.60. The number of hydrogen-bond acceptors (Lipinski definition) is 3. The lowest BCUT2D eigenvalue weighted by molar-refractivity contribution is 0.579. The summed E-state index contributed by atoms with van der Waals surface area (Å²) in [6, 6.07) is 11.2. The van der Waals surface area contributed by atoms with Crippen LogP contribution in [0.15, 0.2) is 47.6 Å². The Balaban J connectivity index is 1.88. The summed E-state index contributed by atoms with van der Waals surface area (Å²) in [5.74, 6) is -0.891. The number of hydrazone groups is 1. The molecule has 0 spiro atoms. The van der Waals surface area contributed by atoms with Crippen molar-refractivity contribution < 1.29 is 8.78 Å². The molecule has 0 bridgehead atoms. The molecule has 1 aromatic heterocycles. The molecule has 6 heteroatoms. The molecule has 0 atom stereocenters. The number of benzene rings is 2. The van der Waals surface area contributed by atoms with Crippen molar-refractivity contribution in [1.82, 2.24) is 9.97 Å². The number of para-hydroxylation sites is 2. The van der Waals surface area contributed by atoms with Crippen molar-refractivity contribution in [3.05, 3.63) is 59.7 Å². The molecule has 0 amide bonds. The predicted molar refractivity (Wildman–Crippen MR) is 78.3 cm³/mol. The van der Waals surface area contributed by atoms with Crippen LogP contribution >= 0.6 is 0 Å². The molecule has 3 rings (SSSR count). The molecule has 0 radical (unpaired) electrons. The van der Waals surface area contributed by atoms with Gasteiger partial charge in [-0.25, -0.2) is 19.2 Å². The van der Waals surface area contributed by atoms with Gasteiger partial charge in [0, 0.05) is 0 Å². The smallest absolute Gasteiger partial charge is 0.222 e. The van der Waals surface area contributed by atoms with E-state index < -0.39 is 11.6 Å². The number of aromatic nitrogens is 2. The number of nitrogens with one attached hydrogen (secondary N) is 2. The summed E-state index contributed by atoms with van der Waals surface area (Å²) in [7, 11) is 0. The summed E-state index contributed by atoms with van der Waals surface area (Å²) in [4.78, 5) is 7.28. The van der Waals surface area contributed by atoms with Crippen LogP contribution < -0.4 is 5.43 Å². The predicted octanol–water partition coefficient (Wildman–Crippen LogP) is 3.68. The summed E-state index contributed by atoms with van der Waals surface area (Å²) in [6.07, 6.45) is 0. The van der Waals surface area contributed by atoms with Crippen LogP contribution in [0, 0.1) is 11.6 Å². The Kier molecular flexibility index (Phi) is 3.35. The molecule has 0 aliphatic rings. The fourth-order valence-corrected chi connectivity index (χ4v) is 2.04. The summed E-state index contributed by atoms with van der Waals surface area (Å²) >= 11 is 0. The van der Waals surface area contributed by atoms with Crippen LogP contribution in [0.5, 0.6) is 0 Å². The number of imidazole rings is 1. The summed E-state index contributed by atoms with van der Waals surface area (Å²) in [6.45, 7) is 1.52. The van der Waals surface area contributed by atoms with E-state index in [1.807, 2.05) is 24.3 Å². The molecular formula is C15H12F2N4. The maximum absolute atomic E-state index is 13.6. The van der Waals surface area contributed by atoms with Crippen molar-refractivity contribution in [2.75, 3.05) is 5.43 Å². The van der Waals surface area contributed by atoms with Crippen molar-refractivity contribution in [2.45, 2.75) is 6.92 Å². The maximum Gasteiger partial charge on any atom is 0.222 e. The topological polar surface area (TPSA) is 53.1 Å². The second-order valence-electron chi connectivity index (χ2n) is 4.51. The Morgan fingerprint density at radius 1 is 1.10 bits per heavy atom. The molecule has 106 valence electrons. The molecule has 2 aromatic carbocycles. The average Bonchev–Trinajstić information content (AvgIpc) is 2.87. The molecule has 0 fully saturated rings. The summed E-state index contributed by atoms with van der Waals surface area (Å²) in [5.41, 5.74) is 4.36. The van der Waals surface area contributed by atoms with Gasteiger partial charge in [0.25, 0.3) is 0 Å². The van der Waals surface area contributed by atoms with Gasteiger partial charge in [0.2, 0.25) is 5.95 Å². The summed E-state index contributed by atoms with van der Waals surface area (Å²) < 4.78 is 27.2. The number of fused-ring (bicyclic) bond motifs is 1. The largest absolute Gasteiger partial charge is 0.323 e. The Morgan fingerprint density at radius 2 is 1.81 bits per heavy atom. The number of halogens is 2. The second-order valence-corrected chi connectivity index (χ2v) is 4.51. The number of aromatic amines is 1. The number of H-pyrrole nitrogens is 1. The Hall–Kier alpha value is -2.76. The Morgan fingerprint density at radius 3 is 2.52 bits per heavy atom. The monoisotopic (exact) mass is 286 g/mol. The number of nitrogens with zero attached hydrogens (tertiary/aromatic N) is 2. The zero-order valence-electron chi connectivity index (χ0n) is 11.2. The van der Waals surface area contributed by atoms with Crippen LogP contribution in [-0.2, 0) is 0 Å². The van der Waals surface area contributed by atoms with E-state index in [2.05, 4.69) is 20.5 Å². The molecule has 0 aliphatic carbocycles. The zero-order valence-corrected chi connectivity index (χ0v) is 11.2. The lowest BCUT2D eigenvalue weighted by Gasteiger charge is -2.04. The minimum absolute atomic E-state index is 0.152. The van der Waals surface area contributed by atoms with Gasteiger partial charge >= 0.3 is 0 Å². The highest BCUT2D eigenvalue weighted by molar-refractivity contribution is 5.99. The molecule has 0 saturated carbocycles. The van der Waals surface area contributed by atoms with Gasteiger partial charge in [0.1, 0.15) is 11.6 Å². The molecular weight excluding hydrogens is 274 g/mol. The van der Waals surface area contributed by atoms with E-state index in [-0.39, 0.29) is 11.3 Å². The molecule has 0 saturated heterocycles. The molecule has 4 nitrogen and oxygen atoms in total. The van der Waals surface area contributed by atoms with Crippen molar-refractivity contribution in [2.24, 2.45) is 5.10 Å². The van der Waals surface area contributed by atoms with E-state index in [0.29, 0.717) is 5.95 Å². The van der Waals surface area contributed by atoms with Gasteiger partial charge in [-0.15, -0.1) is 0 Å². The number of rotatable bonds is 3. The van der Waals surface area contributed by atoms with Gasteiger partial charge in [0.15, 0.2) is 0 Å². The van der Waals surface area contributed by atoms with Gasteiger partial charge in [-0.2, -0.15) is 5.10 Å². The normalized spacial score (nSPS) is 11.9. The third-order valence-corrected chi connectivity index (χ3v) is 3.04. The third-order valence-electron chi connectivity index (χ3n) is 3.04. The van der Waals surface area contributed by atoms with Gasteiger partial charge in [-0.1, -0.05) is 18.2 Å². The second kappa shape index (κ2) is 5.32. The van der Waals surface area contributed by atoms with E-state index in [4.69, 9.17) is 0 Å². The SMILES string of the molecule is CC(=NNc1nc2ccccc2[nH]1)c1c(F)cccc1F. The highest BCUT2D eigenvalue weighted by Crippen LogP contribution is 2.15. The van der Waals surface area contributed by atoms with Crippen molar-refractivity contribution in [3.63, 3.8) is 0 Å². The highest BCUT2D eigenvalue weighted by atomic mass is 19.1. The highest BCUT2D eigenvalue weighted by Gasteiger charge is 2.11. The number of hydrogen-bond donors (Lipinski definition) is 2. The van der Waals surface area contributed by atoms with E-state index in [9.17, 15) is 8.78 Å². The minimum atomic E-state index is -0.650. The van der Waals surface area contributed by atoms with E-state index in [1.165, 1.54) is 25.1 Å². The minimum Gasteiger partial charge on any atom is -0.323 e. The van der Waals surface area contributed by atoms with Crippen LogP contribution in [0.1, 0.15) is 12.5 Å². The van der Waals surface area contributed by atoms with E-state index in [1.54, 1.807) is 0 Å². The van der Waals surface area contributed by atoms with Gasteiger partial charge in [0.05, 0.1) is 22.3 Å². The summed E-state index contributed by atoms with van der Waals surface area (Å²) in [5, 5.41) is 3.97. The van der Waals surface area contributed by atoms with E-state index in [0.717, 1.165) is 11.0 Å². The molecule has 2 N–H and O–H groups in total.